The average Bonchev–Trinajstić information content (AvgIpc) is 3.37. The number of rotatable bonds is 11. The van der Waals surface area contributed by atoms with Crippen LogP contribution in [0.4, 0.5) is 0 Å². The van der Waals surface area contributed by atoms with Gasteiger partial charge in [-0.3, -0.25) is 9.89 Å². The summed E-state index contributed by atoms with van der Waals surface area (Å²) in [6.07, 6.45) is 4.20. The maximum atomic E-state index is 5.73. The summed E-state index contributed by atoms with van der Waals surface area (Å²) in [4.78, 5) is 11.3. The van der Waals surface area contributed by atoms with Crippen molar-refractivity contribution in [3.8, 4) is 11.6 Å². The highest BCUT2D eigenvalue weighted by molar-refractivity contribution is 14.0. The molecule has 8 nitrogen and oxygen atoms in total. The fourth-order valence-electron chi connectivity index (χ4n) is 3.86. The highest BCUT2D eigenvalue weighted by Gasteiger charge is 2.24. The first-order chi connectivity index (χ1) is 15.7. The SMILES string of the molecule is CN=C(NCc1cccnc1OCCOC)NCC(c1cccc(OC)c1)N1CCCC1.I. The van der Waals surface area contributed by atoms with Crippen LogP contribution in [0.5, 0.6) is 11.6 Å². The third kappa shape index (κ3) is 8.31. The van der Waals surface area contributed by atoms with Gasteiger partial charge >= 0.3 is 0 Å². The number of guanidine groups is 1. The molecule has 0 amide bonds. The zero-order chi connectivity index (χ0) is 22.6. The number of ether oxygens (including phenoxy) is 3. The summed E-state index contributed by atoms with van der Waals surface area (Å²) in [5.41, 5.74) is 2.21. The largest absolute Gasteiger partial charge is 0.497 e. The van der Waals surface area contributed by atoms with Gasteiger partial charge in [-0.25, -0.2) is 4.98 Å². The average molecular weight is 569 g/mol. The Morgan fingerprint density at radius 3 is 2.67 bits per heavy atom. The van der Waals surface area contributed by atoms with Gasteiger partial charge in [0.2, 0.25) is 5.88 Å². The molecular weight excluding hydrogens is 533 g/mol. The number of hydrogen-bond donors (Lipinski definition) is 2. The second kappa shape index (κ2) is 14.9. The summed E-state index contributed by atoms with van der Waals surface area (Å²) >= 11 is 0. The lowest BCUT2D eigenvalue weighted by Crippen LogP contribution is -2.42. The van der Waals surface area contributed by atoms with Crippen molar-refractivity contribution < 1.29 is 14.2 Å². The Hall–Kier alpha value is -2.11. The quantitative estimate of drug-likeness (QED) is 0.186. The number of halogens is 1. The molecule has 0 aliphatic carbocycles. The number of likely N-dealkylation sites (tertiary alicyclic amines) is 1. The summed E-state index contributed by atoms with van der Waals surface area (Å²) in [6, 6.07) is 12.5. The van der Waals surface area contributed by atoms with Crippen molar-refractivity contribution in [1.29, 1.82) is 0 Å². The Morgan fingerprint density at radius 2 is 1.94 bits per heavy atom. The molecule has 2 N–H and O–H groups in total. The van der Waals surface area contributed by atoms with E-state index in [2.05, 4.69) is 43.7 Å². The molecule has 1 aromatic carbocycles. The molecule has 9 heteroatoms. The third-order valence-corrected chi connectivity index (χ3v) is 5.57. The van der Waals surface area contributed by atoms with Gasteiger partial charge in [0.1, 0.15) is 12.4 Å². The molecule has 33 heavy (non-hydrogen) atoms. The first kappa shape index (κ1) is 27.1. The number of nitrogens with zero attached hydrogens (tertiary/aromatic N) is 3. The number of benzene rings is 1. The molecule has 1 unspecified atom stereocenters. The van der Waals surface area contributed by atoms with Crippen LogP contribution in [-0.4, -0.2) is 70.0 Å². The molecule has 2 aromatic rings. The predicted molar refractivity (Wildman–Crippen MR) is 142 cm³/mol. The van der Waals surface area contributed by atoms with Gasteiger partial charge in [0.15, 0.2) is 5.96 Å². The maximum Gasteiger partial charge on any atom is 0.218 e. The molecule has 0 radical (unpaired) electrons. The maximum absolute atomic E-state index is 5.73. The minimum atomic E-state index is 0. The van der Waals surface area contributed by atoms with Crippen LogP contribution >= 0.6 is 24.0 Å². The summed E-state index contributed by atoms with van der Waals surface area (Å²) in [5.74, 6) is 2.23. The Morgan fingerprint density at radius 1 is 1.12 bits per heavy atom. The second-order valence-corrected chi connectivity index (χ2v) is 7.65. The first-order valence-electron chi connectivity index (χ1n) is 11.1. The minimum absolute atomic E-state index is 0. The van der Waals surface area contributed by atoms with Gasteiger partial charge in [-0.15, -0.1) is 24.0 Å². The smallest absolute Gasteiger partial charge is 0.218 e. The van der Waals surface area contributed by atoms with Crippen molar-refractivity contribution in [2.75, 3.05) is 54.1 Å². The van der Waals surface area contributed by atoms with Crippen LogP contribution in [0.3, 0.4) is 0 Å². The topological polar surface area (TPSA) is 80.2 Å². The van der Waals surface area contributed by atoms with E-state index in [0.717, 1.165) is 36.9 Å². The van der Waals surface area contributed by atoms with Crippen LogP contribution in [0, 0.1) is 0 Å². The van der Waals surface area contributed by atoms with E-state index in [1.807, 2.05) is 18.2 Å². The molecule has 1 aliphatic heterocycles. The third-order valence-electron chi connectivity index (χ3n) is 5.57. The van der Waals surface area contributed by atoms with Gasteiger partial charge in [-0.1, -0.05) is 18.2 Å². The zero-order valence-corrected chi connectivity index (χ0v) is 22.1. The molecule has 0 spiro atoms. The molecule has 1 saturated heterocycles. The van der Waals surface area contributed by atoms with E-state index in [-0.39, 0.29) is 30.0 Å². The standard InChI is InChI=1S/C24H35N5O3.HI/c1-25-24(27-17-20-9-7-11-26-23(20)32-15-14-30-2)28-18-22(29-12-4-5-13-29)19-8-6-10-21(16-19)31-3;/h6-11,16,22H,4-5,12-15,17-18H2,1-3H3,(H2,25,27,28);1H. The fraction of sp³-hybridized carbons (Fsp3) is 0.500. The van der Waals surface area contributed by atoms with E-state index >= 15 is 0 Å². The van der Waals surface area contributed by atoms with Crippen LogP contribution < -0.4 is 20.1 Å². The molecule has 2 heterocycles. The number of aliphatic imine (C=N–C) groups is 1. The van der Waals surface area contributed by atoms with E-state index in [9.17, 15) is 0 Å². The molecule has 0 bridgehead atoms. The molecule has 182 valence electrons. The summed E-state index contributed by atoms with van der Waals surface area (Å²) in [5, 5.41) is 6.88. The molecule has 1 fully saturated rings. The van der Waals surface area contributed by atoms with E-state index in [4.69, 9.17) is 14.2 Å². The van der Waals surface area contributed by atoms with Crippen LogP contribution in [0.1, 0.15) is 30.0 Å². The minimum Gasteiger partial charge on any atom is -0.497 e. The van der Waals surface area contributed by atoms with Crippen molar-refractivity contribution in [1.82, 2.24) is 20.5 Å². The van der Waals surface area contributed by atoms with E-state index in [1.165, 1.54) is 18.4 Å². The Bertz CT molecular complexity index is 861. The Kier molecular flexibility index (Phi) is 12.3. The van der Waals surface area contributed by atoms with Crippen molar-refractivity contribution in [2.24, 2.45) is 4.99 Å². The monoisotopic (exact) mass is 569 g/mol. The van der Waals surface area contributed by atoms with E-state index in [0.29, 0.717) is 25.6 Å². The van der Waals surface area contributed by atoms with Crippen LogP contribution in [-0.2, 0) is 11.3 Å². The lowest BCUT2D eigenvalue weighted by Gasteiger charge is -2.29. The molecular formula is C24H36IN5O3. The molecule has 1 aliphatic rings. The van der Waals surface area contributed by atoms with Gasteiger partial charge < -0.3 is 24.8 Å². The Balaban J connectivity index is 0.00000385. The van der Waals surface area contributed by atoms with Gasteiger partial charge in [-0.2, -0.15) is 0 Å². The van der Waals surface area contributed by atoms with E-state index in [1.54, 1.807) is 27.5 Å². The second-order valence-electron chi connectivity index (χ2n) is 7.65. The van der Waals surface area contributed by atoms with Crippen molar-refractivity contribution in [3.63, 3.8) is 0 Å². The summed E-state index contributed by atoms with van der Waals surface area (Å²) in [6.45, 7) is 4.50. The first-order valence-corrected chi connectivity index (χ1v) is 11.1. The lowest BCUT2D eigenvalue weighted by atomic mass is 10.1. The fourth-order valence-corrected chi connectivity index (χ4v) is 3.86. The van der Waals surface area contributed by atoms with Gasteiger partial charge in [0, 0.05) is 39.0 Å². The predicted octanol–water partition coefficient (Wildman–Crippen LogP) is 3.24. The molecule has 1 atom stereocenters. The number of nitrogens with one attached hydrogen (secondary N) is 2. The summed E-state index contributed by atoms with van der Waals surface area (Å²) in [7, 11) is 5.14. The van der Waals surface area contributed by atoms with E-state index < -0.39 is 0 Å². The summed E-state index contributed by atoms with van der Waals surface area (Å²) < 4.78 is 16.2. The Labute approximate surface area is 214 Å². The lowest BCUT2D eigenvalue weighted by molar-refractivity contribution is 0.143. The van der Waals surface area contributed by atoms with Gasteiger partial charge in [0.05, 0.1) is 19.8 Å². The zero-order valence-electron chi connectivity index (χ0n) is 19.8. The highest BCUT2D eigenvalue weighted by Crippen LogP contribution is 2.27. The molecule has 3 rings (SSSR count). The normalized spacial score (nSPS) is 14.9. The van der Waals surface area contributed by atoms with Crippen molar-refractivity contribution in [2.45, 2.75) is 25.4 Å². The number of aromatic nitrogens is 1. The highest BCUT2D eigenvalue weighted by atomic mass is 127. The van der Waals surface area contributed by atoms with Gasteiger partial charge in [0.25, 0.3) is 0 Å². The van der Waals surface area contributed by atoms with Crippen molar-refractivity contribution in [3.05, 3.63) is 53.7 Å². The number of methoxy groups -OCH3 is 2. The van der Waals surface area contributed by atoms with Crippen molar-refractivity contribution >= 4 is 29.9 Å². The van der Waals surface area contributed by atoms with Gasteiger partial charge in [-0.05, 0) is 49.7 Å². The number of pyridine rings is 1. The van der Waals surface area contributed by atoms with Crippen LogP contribution in [0.25, 0.3) is 0 Å². The molecule has 0 saturated carbocycles. The van der Waals surface area contributed by atoms with Crippen LogP contribution in [0.15, 0.2) is 47.6 Å². The number of hydrogen-bond acceptors (Lipinski definition) is 6. The molecule has 1 aromatic heterocycles. The van der Waals surface area contributed by atoms with Crippen LogP contribution in [0.2, 0.25) is 0 Å².